The highest BCUT2D eigenvalue weighted by atomic mass is 16.5. The Bertz CT molecular complexity index is 714. The molecule has 0 spiro atoms. The summed E-state index contributed by atoms with van der Waals surface area (Å²) >= 11 is 0. The van der Waals surface area contributed by atoms with Gasteiger partial charge in [-0.3, -0.25) is 4.90 Å². The number of fused-ring (bicyclic) bond motifs is 1. The molecule has 2 unspecified atom stereocenters. The monoisotopic (exact) mass is 368 g/mol. The van der Waals surface area contributed by atoms with Crippen molar-refractivity contribution in [2.45, 2.75) is 38.8 Å². The SMILES string of the molecule is COC1=CC(CN2CCN[C@H](C3=C(C(C)C)CCC=C3)C2)=CC2OC=CC12. The highest BCUT2D eigenvalue weighted by Gasteiger charge is 2.32. The lowest BCUT2D eigenvalue weighted by Gasteiger charge is -2.37. The van der Waals surface area contributed by atoms with Crippen molar-refractivity contribution in [3.8, 4) is 0 Å². The van der Waals surface area contributed by atoms with Crippen LogP contribution in [-0.2, 0) is 9.47 Å². The molecule has 3 atom stereocenters. The number of nitrogens with zero attached hydrogens (tertiary/aromatic N) is 1. The molecule has 146 valence electrons. The van der Waals surface area contributed by atoms with Gasteiger partial charge < -0.3 is 14.8 Å². The molecule has 0 aromatic rings. The maximum atomic E-state index is 5.74. The molecule has 1 saturated heterocycles. The molecule has 0 radical (unpaired) electrons. The van der Waals surface area contributed by atoms with Crippen molar-refractivity contribution in [2.24, 2.45) is 11.8 Å². The van der Waals surface area contributed by atoms with Crippen molar-refractivity contribution in [3.05, 3.63) is 59.1 Å². The molecule has 0 aromatic heterocycles. The van der Waals surface area contributed by atoms with E-state index < -0.39 is 0 Å². The number of nitrogens with one attached hydrogen (secondary N) is 1. The first kappa shape index (κ1) is 18.6. The maximum absolute atomic E-state index is 5.74. The van der Waals surface area contributed by atoms with Crippen molar-refractivity contribution in [2.75, 3.05) is 33.3 Å². The topological polar surface area (TPSA) is 33.7 Å². The molecule has 4 heteroatoms. The van der Waals surface area contributed by atoms with Crippen molar-refractivity contribution < 1.29 is 9.47 Å². The van der Waals surface area contributed by atoms with E-state index in [9.17, 15) is 0 Å². The zero-order valence-electron chi connectivity index (χ0n) is 16.8. The predicted molar refractivity (Wildman–Crippen MR) is 109 cm³/mol. The van der Waals surface area contributed by atoms with Crippen LogP contribution < -0.4 is 5.32 Å². The second-order valence-electron chi connectivity index (χ2n) is 8.27. The molecule has 4 aliphatic rings. The third-order valence-electron chi connectivity index (χ3n) is 6.13. The largest absolute Gasteiger partial charge is 0.500 e. The average molecular weight is 369 g/mol. The Balaban J connectivity index is 1.46. The molecule has 0 aromatic carbocycles. The fraction of sp³-hybridized carbons (Fsp3) is 0.565. The Kier molecular flexibility index (Phi) is 5.55. The van der Waals surface area contributed by atoms with Crippen molar-refractivity contribution >= 4 is 0 Å². The molecule has 1 N–H and O–H groups in total. The average Bonchev–Trinajstić information content (AvgIpc) is 3.16. The Morgan fingerprint density at radius 1 is 1.37 bits per heavy atom. The van der Waals surface area contributed by atoms with Gasteiger partial charge in [0.15, 0.2) is 0 Å². The van der Waals surface area contributed by atoms with Gasteiger partial charge in [0.25, 0.3) is 0 Å². The first-order valence-corrected chi connectivity index (χ1v) is 10.3. The molecule has 0 saturated carbocycles. The number of piperazine rings is 1. The fourth-order valence-corrected chi connectivity index (χ4v) is 4.73. The minimum absolute atomic E-state index is 0.0928. The van der Waals surface area contributed by atoms with Crippen LogP contribution in [0, 0.1) is 11.8 Å². The Morgan fingerprint density at radius 3 is 3.07 bits per heavy atom. The minimum atomic E-state index is 0.0928. The van der Waals surface area contributed by atoms with Crippen molar-refractivity contribution in [3.63, 3.8) is 0 Å². The summed E-state index contributed by atoms with van der Waals surface area (Å²) in [4.78, 5) is 2.56. The van der Waals surface area contributed by atoms with Gasteiger partial charge in [-0.25, -0.2) is 0 Å². The van der Waals surface area contributed by atoms with Gasteiger partial charge in [0, 0.05) is 32.2 Å². The zero-order valence-corrected chi connectivity index (χ0v) is 16.8. The van der Waals surface area contributed by atoms with Crippen LogP contribution in [0.4, 0.5) is 0 Å². The van der Waals surface area contributed by atoms with E-state index in [0.717, 1.165) is 31.9 Å². The molecule has 0 amide bonds. The molecule has 4 nitrogen and oxygen atoms in total. The highest BCUT2D eigenvalue weighted by molar-refractivity contribution is 5.37. The number of methoxy groups -OCH3 is 1. The van der Waals surface area contributed by atoms with Crippen LogP contribution in [0.5, 0.6) is 0 Å². The lowest BCUT2D eigenvalue weighted by molar-refractivity contribution is 0.149. The lowest BCUT2D eigenvalue weighted by atomic mass is 9.85. The van der Waals surface area contributed by atoms with Gasteiger partial charge in [-0.05, 0) is 48.1 Å². The molecule has 4 rings (SSSR count). The minimum Gasteiger partial charge on any atom is -0.500 e. The molecule has 2 aliphatic heterocycles. The van der Waals surface area contributed by atoms with E-state index >= 15 is 0 Å². The van der Waals surface area contributed by atoms with Gasteiger partial charge in [-0.15, -0.1) is 0 Å². The second kappa shape index (κ2) is 8.07. The first-order valence-electron chi connectivity index (χ1n) is 10.3. The summed E-state index contributed by atoms with van der Waals surface area (Å²) in [6.45, 7) is 8.76. The van der Waals surface area contributed by atoms with E-state index in [1.165, 1.54) is 24.0 Å². The first-order chi connectivity index (χ1) is 13.2. The van der Waals surface area contributed by atoms with E-state index in [0.29, 0.717) is 12.0 Å². The van der Waals surface area contributed by atoms with Crippen LogP contribution in [0.3, 0.4) is 0 Å². The summed E-state index contributed by atoms with van der Waals surface area (Å²) < 4.78 is 11.4. The van der Waals surface area contributed by atoms with Crippen LogP contribution >= 0.6 is 0 Å². The third-order valence-corrected chi connectivity index (χ3v) is 6.13. The predicted octanol–water partition coefficient (Wildman–Crippen LogP) is 3.56. The normalized spacial score (nSPS) is 30.9. The van der Waals surface area contributed by atoms with E-state index in [1.807, 2.05) is 0 Å². The summed E-state index contributed by atoms with van der Waals surface area (Å²) in [7, 11) is 1.76. The van der Waals surface area contributed by atoms with E-state index in [4.69, 9.17) is 9.47 Å². The molecule has 1 fully saturated rings. The number of allylic oxidation sites excluding steroid dienone is 2. The molecule has 0 bridgehead atoms. The van der Waals surface area contributed by atoms with E-state index in [1.54, 1.807) is 18.9 Å². The highest BCUT2D eigenvalue weighted by Crippen LogP contribution is 2.33. The molecular formula is C23H32N2O2. The summed E-state index contributed by atoms with van der Waals surface area (Å²) in [5, 5.41) is 3.75. The van der Waals surface area contributed by atoms with Gasteiger partial charge >= 0.3 is 0 Å². The van der Waals surface area contributed by atoms with E-state index in [-0.39, 0.29) is 12.0 Å². The van der Waals surface area contributed by atoms with Gasteiger partial charge in [0.2, 0.25) is 0 Å². The fourth-order valence-electron chi connectivity index (χ4n) is 4.73. The smallest absolute Gasteiger partial charge is 0.130 e. The number of ether oxygens (including phenoxy) is 2. The van der Waals surface area contributed by atoms with E-state index in [2.05, 4.69) is 54.4 Å². The standard InChI is InChI=1S/C23H32N2O2/c1-16(2)18-6-4-5-7-19(18)21-15-25(10-9-24-21)14-17-12-22(26-3)20-8-11-27-23(20)13-17/h5,7-8,11-13,16,20-21,23-24H,4,6,9-10,14-15H2,1-3H3/t20?,21-,23?/m0/s1. The van der Waals surface area contributed by atoms with Crippen molar-refractivity contribution in [1.82, 2.24) is 10.2 Å². The summed E-state index contributed by atoms with van der Waals surface area (Å²) in [6, 6.07) is 0.430. The van der Waals surface area contributed by atoms with Crippen LogP contribution in [0.2, 0.25) is 0 Å². The Hall–Kier alpha value is -1.78. The number of rotatable bonds is 5. The van der Waals surface area contributed by atoms with Crippen molar-refractivity contribution in [1.29, 1.82) is 0 Å². The molecule has 27 heavy (non-hydrogen) atoms. The zero-order chi connectivity index (χ0) is 18.8. The van der Waals surface area contributed by atoms with Gasteiger partial charge in [-0.2, -0.15) is 0 Å². The third kappa shape index (κ3) is 3.92. The van der Waals surface area contributed by atoms with Crippen LogP contribution in [-0.4, -0.2) is 50.3 Å². The van der Waals surface area contributed by atoms with Crippen LogP contribution in [0.15, 0.2) is 59.1 Å². The van der Waals surface area contributed by atoms with Gasteiger partial charge in [-0.1, -0.05) is 31.6 Å². The van der Waals surface area contributed by atoms with Gasteiger partial charge in [0.1, 0.15) is 11.9 Å². The van der Waals surface area contributed by atoms with Gasteiger partial charge in [0.05, 0.1) is 19.3 Å². The number of hydrogen-bond donors (Lipinski definition) is 1. The Labute approximate surface area is 163 Å². The maximum Gasteiger partial charge on any atom is 0.130 e. The summed E-state index contributed by atoms with van der Waals surface area (Å²) in [5.74, 6) is 1.87. The number of hydrogen-bond acceptors (Lipinski definition) is 4. The summed E-state index contributed by atoms with van der Waals surface area (Å²) in [5.41, 5.74) is 4.45. The molecule has 2 aliphatic carbocycles. The van der Waals surface area contributed by atoms with Crippen LogP contribution in [0.25, 0.3) is 0 Å². The molecule has 2 heterocycles. The summed E-state index contributed by atoms with van der Waals surface area (Å²) in [6.07, 6.45) is 15.5. The van der Waals surface area contributed by atoms with Crippen LogP contribution in [0.1, 0.15) is 26.7 Å². The quantitative estimate of drug-likeness (QED) is 0.804. The molecular weight excluding hydrogens is 336 g/mol. The second-order valence-corrected chi connectivity index (χ2v) is 8.27. The Morgan fingerprint density at radius 2 is 2.26 bits per heavy atom. The lowest BCUT2D eigenvalue weighted by Crippen LogP contribution is -2.52.